The molecule has 0 aliphatic carbocycles. The lowest BCUT2D eigenvalue weighted by molar-refractivity contribution is 0.0546. The smallest absolute Gasteiger partial charge is 0.434 e. The number of amides is 2. The van der Waals surface area contributed by atoms with Gasteiger partial charge in [-0.3, -0.25) is 10.2 Å². The number of nitrogens with one attached hydrogen (secondary N) is 1. The number of nitriles is 1. The van der Waals surface area contributed by atoms with Gasteiger partial charge in [0.15, 0.2) is 0 Å². The number of nitrogens with zero attached hydrogens (tertiary/aromatic N) is 2. The van der Waals surface area contributed by atoms with Crippen molar-refractivity contribution in [2.75, 3.05) is 5.01 Å². The molecule has 29 heavy (non-hydrogen) atoms. The molecule has 0 fully saturated rings. The van der Waals surface area contributed by atoms with E-state index in [-0.39, 0.29) is 11.3 Å². The molecule has 0 radical (unpaired) electrons. The minimum Gasteiger partial charge on any atom is -0.442 e. The molecule has 0 atom stereocenters. The fourth-order valence-corrected chi connectivity index (χ4v) is 2.42. The van der Waals surface area contributed by atoms with Crippen LogP contribution in [0.2, 0.25) is 0 Å². The summed E-state index contributed by atoms with van der Waals surface area (Å²) in [5.74, 6) is -1.34. The highest BCUT2D eigenvalue weighted by Crippen LogP contribution is 2.24. The van der Waals surface area contributed by atoms with Crippen LogP contribution in [0.1, 0.15) is 50.5 Å². The topological polar surface area (TPSA) is 82.4 Å². The van der Waals surface area contributed by atoms with Gasteiger partial charge in [-0.1, -0.05) is 24.3 Å². The van der Waals surface area contributed by atoms with E-state index in [1.54, 1.807) is 58.9 Å². The quantitative estimate of drug-likeness (QED) is 0.760. The van der Waals surface area contributed by atoms with Gasteiger partial charge >= 0.3 is 6.09 Å². The van der Waals surface area contributed by atoms with Gasteiger partial charge in [0.25, 0.3) is 5.91 Å². The molecule has 0 spiro atoms. The van der Waals surface area contributed by atoms with Gasteiger partial charge in [0, 0.05) is 5.56 Å². The molecule has 0 saturated carbocycles. The number of carbonyl (C=O) groups excluding carboxylic acids is 2. The lowest BCUT2D eigenvalue weighted by Gasteiger charge is -2.28. The fourth-order valence-electron chi connectivity index (χ4n) is 2.42. The summed E-state index contributed by atoms with van der Waals surface area (Å²) in [5, 5.41) is 10.1. The van der Waals surface area contributed by atoms with Crippen LogP contribution in [0.3, 0.4) is 0 Å². The number of carbonyl (C=O) groups is 2. The van der Waals surface area contributed by atoms with E-state index in [1.165, 1.54) is 24.3 Å². The van der Waals surface area contributed by atoms with E-state index < -0.39 is 28.8 Å². The molecule has 0 aliphatic rings. The summed E-state index contributed by atoms with van der Waals surface area (Å²) in [4.78, 5) is 25.4. The molecule has 0 aromatic heterocycles. The average molecular weight is 397 g/mol. The Morgan fingerprint density at radius 1 is 1.07 bits per heavy atom. The Kier molecular flexibility index (Phi) is 6.28. The first-order valence-corrected chi connectivity index (χ1v) is 9.05. The molecule has 0 unspecified atom stereocenters. The van der Waals surface area contributed by atoms with Crippen LogP contribution in [0.25, 0.3) is 0 Å². The predicted octanol–water partition coefficient (Wildman–Crippen LogP) is 4.71. The molecule has 0 bridgehead atoms. The summed E-state index contributed by atoms with van der Waals surface area (Å²) < 4.78 is 19.6. The second-order valence-corrected chi connectivity index (χ2v) is 8.03. The summed E-state index contributed by atoms with van der Waals surface area (Å²) in [6.07, 6.45) is -0.926. The number of halogens is 1. The number of benzene rings is 2. The molecular weight excluding hydrogens is 373 g/mol. The van der Waals surface area contributed by atoms with Crippen LogP contribution in [0, 0.1) is 17.1 Å². The van der Waals surface area contributed by atoms with E-state index in [0.29, 0.717) is 5.56 Å². The molecule has 2 aromatic rings. The molecule has 7 heteroatoms. The Balaban J connectivity index is 2.38. The molecule has 0 heterocycles. The molecule has 1 N–H and O–H groups in total. The monoisotopic (exact) mass is 397 g/mol. The average Bonchev–Trinajstić information content (AvgIpc) is 2.65. The van der Waals surface area contributed by atoms with Crippen molar-refractivity contribution >= 4 is 17.7 Å². The number of para-hydroxylation sites is 1. The molecule has 6 nitrogen and oxygen atoms in total. The zero-order valence-corrected chi connectivity index (χ0v) is 17.1. The van der Waals surface area contributed by atoms with Gasteiger partial charge in [-0.2, -0.15) is 10.3 Å². The van der Waals surface area contributed by atoms with E-state index in [4.69, 9.17) is 4.74 Å². The van der Waals surface area contributed by atoms with Gasteiger partial charge in [0.2, 0.25) is 0 Å². The van der Waals surface area contributed by atoms with Crippen LogP contribution in [0.5, 0.6) is 0 Å². The number of hydrogen-bond donors (Lipinski definition) is 1. The molecule has 152 valence electrons. The van der Waals surface area contributed by atoms with E-state index in [9.17, 15) is 19.2 Å². The Morgan fingerprint density at radius 2 is 1.72 bits per heavy atom. The molecular formula is C22H24FN3O3. The molecule has 2 amide bonds. The SMILES string of the molecule is CC(C)(C)OC(=O)N(NC(=O)c1cccc(C(C)(C)C#N)c1)c1ccccc1F. The van der Waals surface area contributed by atoms with Gasteiger partial charge < -0.3 is 4.74 Å². The Bertz CT molecular complexity index is 958. The number of hydrazine groups is 1. The second kappa shape index (κ2) is 8.31. The van der Waals surface area contributed by atoms with Gasteiger partial charge in [0.05, 0.1) is 11.5 Å². The molecule has 2 aromatic carbocycles. The lowest BCUT2D eigenvalue weighted by Crippen LogP contribution is -2.49. The first-order chi connectivity index (χ1) is 13.4. The maximum Gasteiger partial charge on any atom is 0.434 e. The van der Waals surface area contributed by atoms with Crippen LogP contribution in [-0.2, 0) is 10.2 Å². The van der Waals surface area contributed by atoms with Crippen molar-refractivity contribution in [3.63, 3.8) is 0 Å². The van der Waals surface area contributed by atoms with Gasteiger partial charge in [-0.05, 0) is 64.4 Å². The van der Waals surface area contributed by atoms with Crippen molar-refractivity contribution in [2.45, 2.75) is 45.6 Å². The fraction of sp³-hybridized carbons (Fsp3) is 0.318. The normalized spacial score (nSPS) is 11.3. The summed E-state index contributed by atoms with van der Waals surface area (Å²) in [7, 11) is 0. The van der Waals surface area contributed by atoms with Crippen LogP contribution < -0.4 is 10.4 Å². The van der Waals surface area contributed by atoms with E-state index in [2.05, 4.69) is 11.5 Å². The highest BCUT2D eigenvalue weighted by Gasteiger charge is 2.28. The minimum atomic E-state index is -0.926. The maximum absolute atomic E-state index is 14.3. The summed E-state index contributed by atoms with van der Waals surface area (Å²) in [6, 6.07) is 14.2. The largest absolute Gasteiger partial charge is 0.442 e. The zero-order chi connectivity index (χ0) is 21.8. The third kappa shape index (κ3) is 5.55. The number of hydrogen-bond acceptors (Lipinski definition) is 4. The molecule has 0 aliphatic heterocycles. The number of anilines is 1. The standard InChI is InChI=1S/C22H24FN3O3/c1-21(2,3)29-20(28)26(18-12-7-6-11-17(18)23)25-19(27)15-9-8-10-16(13-15)22(4,5)14-24/h6-13H,1-5H3,(H,25,27). The summed E-state index contributed by atoms with van der Waals surface area (Å²) in [6.45, 7) is 8.46. The number of ether oxygens (including phenoxy) is 1. The van der Waals surface area contributed by atoms with Crippen LogP contribution in [0.4, 0.5) is 14.9 Å². The lowest BCUT2D eigenvalue weighted by atomic mass is 9.85. The third-order valence-electron chi connectivity index (χ3n) is 4.01. The third-order valence-corrected chi connectivity index (χ3v) is 4.01. The Labute approximate surface area is 169 Å². The van der Waals surface area contributed by atoms with E-state index >= 15 is 0 Å². The van der Waals surface area contributed by atoms with Crippen molar-refractivity contribution in [1.82, 2.24) is 5.43 Å². The first kappa shape index (κ1) is 21.9. The van der Waals surface area contributed by atoms with Crippen LogP contribution in [0.15, 0.2) is 48.5 Å². The molecule has 0 saturated heterocycles. The molecule has 2 rings (SSSR count). The predicted molar refractivity (Wildman–Crippen MR) is 108 cm³/mol. The van der Waals surface area contributed by atoms with E-state index in [1.807, 2.05) is 0 Å². The van der Waals surface area contributed by atoms with Crippen molar-refractivity contribution in [3.8, 4) is 6.07 Å². The van der Waals surface area contributed by atoms with Gasteiger partial charge in [0.1, 0.15) is 17.1 Å². The highest BCUT2D eigenvalue weighted by molar-refractivity contribution is 6.00. The van der Waals surface area contributed by atoms with Crippen LogP contribution >= 0.6 is 0 Å². The van der Waals surface area contributed by atoms with Crippen molar-refractivity contribution in [2.24, 2.45) is 0 Å². The highest BCUT2D eigenvalue weighted by atomic mass is 19.1. The zero-order valence-electron chi connectivity index (χ0n) is 17.1. The summed E-state index contributed by atoms with van der Waals surface area (Å²) in [5.41, 5.74) is 1.47. The van der Waals surface area contributed by atoms with Crippen LogP contribution in [-0.4, -0.2) is 17.6 Å². The van der Waals surface area contributed by atoms with Crippen molar-refractivity contribution in [3.05, 3.63) is 65.5 Å². The van der Waals surface area contributed by atoms with Gasteiger partial charge in [-0.25, -0.2) is 9.18 Å². The maximum atomic E-state index is 14.3. The van der Waals surface area contributed by atoms with Crippen molar-refractivity contribution < 1.29 is 18.7 Å². The Hall–Kier alpha value is -3.40. The second-order valence-electron chi connectivity index (χ2n) is 8.03. The van der Waals surface area contributed by atoms with E-state index in [0.717, 1.165) is 5.01 Å². The minimum absolute atomic E-state index is 0.149. The summed E-state index contributed by atoms with van der Waals surface area (Å²) >= 11 is 0. The Morgan fingerprint density at radius 3 is 2.31 bits per heavy atom. The van der Waals surface area contributed by atoms with Crippen molar-refractivity contribution in [1.29, 1.82) is 5.26 Å². The van der Waals surface area contributed by atoms with Gasteiger partial charge in [-0.15, -0.1) is 0 Å². The number of rotatable bonds is 3. The first-order valence-electron chi connectivity index (χ1n) is 9.05.